The Kier molecular flexibility index (Phi) is 5.42. The van der Waals surface area contributed by atoms with Gasteiger partial charge in [-0.2, -0.15) is 0 Å². The number of benzene rings is 2. The lowest BCUT2D eigenvalue weighted by molar-refractivity contribution is 0.829. The Morgan fingerprint density at radius 3 is 1.69 bits per heavy atom. The number of rotatable bonds is 5. The normalized spacial score (nSPS) is 20.7. The summed E-state index contributed by atoms with van der Waals surface area (Å²) in [5.41, 5.74) is 4.36. The molecule has 3 rings (SSSR count). The zero-order chi connectivity index (χ0) is 18.9. The summed E-state index contributed by atoms with van der Waals surface area (Å²) in [6, 6.07) is 22.3. The van der Waals surface area contributed by atoms with E-state index in [0.29, 0.717) is 0 Å². The Balaban J connectivity index is 2.02. The molecule has 0 spiro atoms. The maximum Gasteiger partial charge on any atom is 0.0683 e. The summed E-state index contributed by atoms with van der Waals surface area (Å²) in [4.78, 5) is 0. The topological polar surface area (TPSA) is 0 Å². The van der Waals surface area contributed by atoms with Gasteiger partial charge in [0.1, 0.15) is 0 Å². The molecule has 0 fully saturated rings. The molecule has 1 atom stereocenters. The summed E-state index contributed by atoms with van der Waals surface area (Å²) in [6.45, 7) is 14.4. The molecule has 0 bridgehead atoms. The molecule has 1 aliphatic rings. The minimum absolute atomic E-state index is 0.130. The van der Waals surface area contributed by atoms with Crippen molar-refractivity contribution in [2.45, 2.75) is 45.8 Å². The fourth-order valence-corrected chi connectivity index (χ4v) is 13.0. The molecule has 0 saturated carbocycles. The first-order chi connectivity index (χ1) is 12.3. The molecule has 0 N–H and O–H groups in total. The van der Waals surface area contributed by atoms with Gasteiger partial charge in [-0.15, -0.1) is 0 Å². The minimum atomic E-state index is -1.63. The van der Waals surface area contributed by atoms with Gasteiger partial charge < -0.3 is 0 Å². The van der Waals surface area contributed by atoms with Crippen LogP contribution in [0.1, 0.15) is 27.7 Å². The molecular weight excluding hydrogens is 347 g/mol. The molecule has 1 unspecified atom stereocenters. The smallest absolute Gasteiger partial charge is 0.0681 e. The van der Waals surface area contributed by atoms with E-state index in [4.69, 9.17) is 0 Å². The predicted molar refractivity (Wildman–Crippen MR) is 121 cm³/mol. The van der Waals surface area contributed by atoms with Crippen molar-refractivity contribution in [1.82, 2.24) is 0 Å². The van der Waals surface area contributed by atoms with E-state index in [0.717, 1.165) is 0 Å². The van der Waals surface area contributed by atoms with Crippen molar-refractivity contribution >= 4 is 26.6 Å². The molecule has 26 heavy (non-hydrogen) atoms. The van der Waals surface area contributed by atoms with Crippen molar-refractivity contribution in [1.29, 1.82) is 0 Å². The Hall–Kier alpha value is -1.43. The van der Waals surface area contributed by atoms with E-state index in [1.165, 1.54) is 27.5 Å². The Morgan fingerprint density at radius 2 is 1.31 bits per heavy atom. The van der Waals surface area contributed by atoms with Gasteiger partial charge in [-0.1, -0.05) is 86.3 Å². The highest BCUT2D eigenvalue weighted by molar-refractivity contribution is 7.75. The van der Waals surface area contributed by atoms with Crippen molar-refractivity contribution in [3.8, 4) is 0 Å². The molecule has 0 amide bonds. The summed E-state index contributed by atoms with van der Waals surface area (Å²) < 4.78 is 0. The van der Waals surface area contributed by atoms with Gasteiger partial charge in [0.2, 0.25) is 0 Å². The van der Waals surface area contributed by atoms with Gasteiger partial charge in [0.15, 0.2) is 0 Å². The van der Waals surface area contributed by atoms with E-state index in [-0.39, 0.29) is 13.0 Å². The van der Waals surface area contributed by atoms with Crippen LogP contribution in [0.25, 0.3) is 0 Å². The maximum absolute atomic E-state index is 3.89. The fourth-order valence-electron chi connectivity index (χ4n) is 4.00. The van der Waals surface area contributed by atoms with Gasteiger partial charge in [0, 0.05) is 5.04 Å². The van der Waals surface area contributed by atoms with Gasteiger partial charge in [0.25, 0.3) is 0 Å². The van der Waals surface area contributed by atoms with Crippen LogP contribution in [0.5, 0.6) is 0 Å². The molecule has 2 heteroatoms. The Morgan fingerprint density at radius 1 is 0.846 bits per heavy atom. The highest BCUT2D eigenvalue weighted by Crippen LogP contribution is 2.55. The molecule has 0 aliphatic heterocycles. The molecule has 1 aliphatic carbocycles. The molecule has 2 aromatic carbocycles. The van der Waals surface area contributed by atoms with Crippen molar-refractivity contribution in [2.24, 2.45) is 0 Å². The second kappa shape index (κ2) is 7.29. The van der Waals surface area contributed by atoms with E-state index in [1.54, 1.807) is 5.57 Å². The highest BCUT2D eigenvalue weighted by atomic mass is 31.1. The number of hydrogen-bond acceptors (Lipinski definition) is 0. The summed E-state index contributed by atoms with van der Waals surface area (Å²) in [7, 11) is -1.98. The maximum atomic E-state index is 3.89. The summed E-state index contributed by atoms with van der Waals surface area (Å²) in [6.07, 6.45) is 3.89. The van der Waals surface area contributed by atoms with Crippen molar-refractivity contribution in [3.63, 3.8) is 0 Å². The second-order valence-corrected chi connectivity index (χ2v) is 16.2. The largest absolute Gasteiger partial charge is 0.0683 e. The van der Waals surface area contributed by atoms with E-state index in [2.05, 4.69) is 108 Å². The average molecular weight is 378 g/mol. The summed E-state index contributed by atoms with van der Waals surface area (Å²) in [5.74, 6) is 1.29. The van der Waals surface area contributed by atoms with Crippen LogP contribution in [0.2, 0.25) is 18.1 Å². The van der Waals surface area contributed by atoms with E-state index >= 15 is 0 Å². The molecule has 0 nitrogen and oxygen atoms in total. The van der Waals surface area contributed by atoms with Crippen LogP contribution in [0, 0.1) is 6.08 Å². The average Bonchev–Trinajstić information content (AvgIpc) is 2.85. The molecule has 0 heterocycles. The minimum Gasteiger partial charge on any atom is -0.0681 e. The Bertz CT molecular complexity index is 794. The predicted octanol–water partition coefficient (Wildman–Crippen LogP) is 6.23. The lowest BCUT2D eigenvalue weighted by Crippen LogP contribution is -2.45. The molecule has 0 saturated heterocycles. The van der Waals surface area contributed by atoms with Crippen LogP contribution in [0.15, 0.2) is 77.4 Å². The molecule has 1 radical (unpaired) electrons. The van der Waals surface area contributed by atoms with E-state index in [9.17, 15) is 0 Å². The monoisotopic (exact) mass is 377 g/mol. The highest BCUT2D eigenvalue weighted by Gasteiger charge is 2.47. The van der Waals surface area contributed by atoms with E-state index < -0.39 is 8.07 Å². The summed E-state index contributed by atoms with van der Waals surface area (Å²) in [5, 5.41) is 3.12. The summed E-state index contributed by atoms with van der Waals surface area (Å²) >= 11 is 0. The van der Waals surface area contributed by atoms with Crippen molar-refractivity contribution in [3.05, 3.63) is 83.5 Å². The second-order valence-electron chi connectivity index (χ2n) is 8.27. The van der Waals surface area contributed by atoms with Gasteiger partial charge in [-0.3, -0.25) is 0 Å². The molecular formula is C24H30PSi. The third kappa shape index (κ3) is 3.40. The first-order valence-corrected chi connectivity index (χ1v) is 14.2. The van der Waals surface area contributed by atoms with Gasteiger partial charge in [0.05, 0.1) is 8.07 Å². The molecule has 135 valence electrons. The first-order valence-electron chi connectivity index (χ1n) is 9.44. The zero-order valence-corrected chi connectivity index (χ0v) is 18.8. The Labute approximate surface area is 161 Å². The van der Waals surface area contributed by atoms with Crippen LogP contribution in [0.4, 0.5) is 0 Å². The third-order valence-electron chi connectivity index (χ3n) is 6.36. The van der Waals surface area contributed by atoms with Crippen LogP contribution >= 0.6 is 7.92 Å². The van der Waals surface area contributed by atoms with E-state index in [1.807, 2.05) is 0 Å². The fraction of sp³-hybridized carbons (Fsp3) is 0.333. The number of hydrogen-bond donors (Lipinski definition) is 0. The van der Waals surface area contributed by atoms with Crippen LogP contribution < -0.4 is 10.6 Å². The van der Waals surface area contributed by atoms with Crippen LogP contribution in [0.3, 0.4) is 0 Å². The molecule has 2 aromatic rings. The first kappa shape index (κ1) is 19.3. The quantitative estimate of drug-likeness (QED) is 0.428. The molecule has 0 aromatic heterocycles. The lowest BCUT2D eigenvalue weighted by atomic mass is 10.0. The third-order valence-corrected chi connectivity index (χ3v) is 15.8. The standard InChI is InChI=1S/C24H30PSi/c1-19-17-24(4,21(3)20(19)2)26(5,6)18-25(22-13-9-7-10-14-22)23-15-11-8-12-16-23/h7-16H,18H2,1-6H3. The van der Waals surface area contributed by atoms with Gasteiger partial charge in [-0.25, -0.2) is 0 Å². The van der Waals surface area contributed by atoms with Gasteiger partial charge >= 0.3 is 0 Å². The van der Waals surface area contributed by atoms with Crippen molar-refractivity contribution < 1.29 is 0 Å². The van der Waals surface area contributed by atoms with Crippen LogP contribution in [-0.4, -0.2) is 13.9 Å². The van der Waals surface area contributed by atoms with Crippen molar-refractivity contribution in [2.75, 3.05) is 5.79 Å². The number of allylic oxidation sites excluding steroid dienone is 4. The van der Waals surface area contributed by atoms with Gasteiger partial charge in [-0.05, 0) is 62.3 Å². The lowest BCUT2D eigenvalue weighted by Gasteiger charge is -2.42. The zero-order valence-electron chi connectivity index (χ0n) is 16.9. The SMILES string of the molecule is CC1=[C]C(C)([Si](C)(C)CP(c2ccccc2)c2ccccc2)C(C)=C1C. The van der Waals surface area contributed by atoms with Crippen LogP contribution in [-0.2, 0) is 0 Å².